The van der Waals surface area contributed by atoms with Gasteiger partial charge < -0.3 is 16.4 Å². The molecule has 0 fully saturated rings. The van der Waals surface area contributed by atoms with Crippen LogP contribution in [0.25, 0.3) is 5.70 Å². The Kier molecular flexibility index (Phi) is 8.31. The largest absolute Gasteiger partial charge is 0.396 e. The lowest BCUT2D eigenvalue weighted by Gasteiger charge is -2.18. The van der Waals surface area contributed by atoms with Crippen LogP contribution >= 0.6 is 0 Å². The Morgan fingerprint density at radius 3 is 2.64 bits per heavy atom. The van der Waals surface area contributed by atoms with E-state index >= 15 is 0 Å². The molecule has 1 aromatic rings. The Bertz CT molecular complexity index is 883. The number of anilines is 1. The Hall–Kier alpha value is -3.22. The molecule has 2 rings (SSSR count). The third-order valence-electron chi connectivity index (χ3n) is 3.84. The molecule has 150 valence electrons. The molecule has 1 aliphatic rings. The first-order chi connectivity index (χ1) is 12.8. The molecule has 1 aromatic carbocycles. The highest BCUT2D eigenvalue weighted by atomic mass is 19.1. The number of aliphatic imine (C=N–C) groups is 1. The van der Waals surface area contributed by atoms with E-state index in [1.54, 1.807) is 25.2 Å². The summed E-state index contributed by atoms with van der Waals surface area (Å²) in [6, 6.07) is 1.88. The normalized spacial score (nSPS) is 15.0. The number of carbonyl (C=O) groups is 1. The maximum Gasteiger partial charge on any atom is 0.245 e. The van der Waals surface area contributed by atoms with Crippen LogP contribution < -0.4 is 16.4 Å². The predicted octanol–water partition coefficient (Wildman–Crippen LogP) is 4.07. The number of rotatable bonds is 6. The van der Waals surface area contributed by atoms with Crippen LogP contribution in [0.1, 0.15) is 33.3 Å². The zero-order valence-corrected chi connectivity index (χ0v) is 15.3. The van der Waals surface area contributed by atoms with Crippen LogP contribution in [0.3, 0.4) is 0 Å². The zero-order chi connectivity index (χ0) is 20.0. The van der Waals surface area contributed by atoms with Crippen molar-refractivity contribution in [3.63, 3.8) is 0 Å². The second-order valence-corrected chi connectivity index (χ2v) is 5.84. The first kappa shape index (κ1) is 22.8. The molecule has 1 heterocycles. The van der Waals surface area contributed by atoms with Crippen molar-refractivity contribution in [3.8, 4) is 0 Å². The van der Waals surface area contributed by atoms with Crippen molar-refractivity contribution in [2.24, 2.45) is 4.99 Å². The number of nitrogen functional groups attached to an aromatic ring is 1. The maximum atomic E-state index is 14.1. The van der Waals surface area contributed by atoms with Crippen molar-refractivity contribution >= 4 is 23.0 Å². The van der Waals surface area contributed by atoms with E-state index in [0.717, 1.165) is 17.8 Å². The van der Waals surface area contributed by atoms with Gasteiger partial charge in [0.25, 0.3) is 0 Å². The summed E-state index contributed by atoms with van der Waals surface area (Å²) in [5.74, 6) is -1.62. The average Bonchev–Trinajstić information content (AvgIpc) is 2.62. The first-order valence-corrected chi connectivity index (χ1v) is 8.43. The molecule has 1 amide bonds. The van der Waals surface area contributed by atoms with Crippen LogP contribution in [0.4, 0.5) is 14.5 Å². The molecule has 0 atom stereocenters. The van der Waals surface area contributed by atoms with Gasteiger partial charge in [0.05, 0.1) is 22.8 Å². The number of nitrogens with two attached hydrogens (primary N) is 1. The lowest BCUT2D eigenvalue weighted by atomic mass is 10.1. The smallest absolute Gasteiger partial charge is 0.245 e. The predicted molar refractivity (Wildman–Crippen MR) is 111 cm³/mol. The van der Waals surface area contributed by atoms with E-state index in [4.69, 9.17) is 5.73 Å². The van der Waals surface area contributed by atoms with Crippen LogP contribution in [-0.2, 0) is 4.79 Å². The van der Waals surface area contributed by atoms with Gasteiger partial charge in [-0.25, -0.2) is 13.8 Å². The van der Waals surface area contributed by atoms with Crippen molar-refractivity contribution in [1.82, 2.24) is 10.6 Å². The lowest BCUT2D eigenvalue weighted by Crippen LogP contribution is -2.32. The quantitative estimate of drug-likeness (QED) is 0.508. The third kappa shape index (κ3) is 5.64. The summed E-state index contributed by atoms with van der Waals surface area (Å²) >= 11 is 0. The number of allylic oxidation sites excluding steroid dienone is 3. The molecule has 0 radical (unpaired) electrons. The third-order valence-corrected chi connectivity index (χ3v) is 3.84. The summed E-state index contributed by atoms with van der Waals surface area (Å²) in [4.78, 5) is 15.9. The Balaban J connectivity index is 0.00000392. The number of nitrogens with zero attached hydrogens (tertiary/aromatic N) is 1. The summed E-state index contributed by atoms with van der Waals surface area (Å²) in [6.45, 7) is 7.90. The van der Waals surface area contributed by atoms with E-state index in [0.29, 0.717) is 24.4 Å². The van der Waals surface area contributed by atoms with Crippen molar-refractivity contribution in [3.05, 3.63) is 71.6 Å². The zero-order valence-electron chi connectivity index (χ0n) is 15.3. The minimum absolute atomic E-state index is 0. The fourth-order valence-electron chi connectivity index (χ4n) is 2.49. The van der Waals surface area contributed by atoms with Crippen LogP contribution in [0.2, 0.25) is 0 Å². The molecule has 28 heavy (non-hydrogen) atoms. The van der Waals surface area contributed by atoms with Gasteiger partial charge in [0.2, 0.25) is 5.91 Å². The fraction of sp³-hybridized carbons (Fsp3) is 0.238. The van der Waals surface area contributed by atoms with E-state index in [-0.39, 0.29) is 30.3 Å². The molecular weight excluding hydrogens is 362 g/mol. The highest BCUT2D eigenvalue weighted by Crippen LogP contribution is 2.24. The molecule has 0 unspecified atom stereocenters. The molecule has 4 N–H and O–H groups in total. The van der Waals surface area contributed by atoms with E-state index in [9.17, 15) is 13.6 Å². The molecule has 0 aromatic heterocycles. The summed E-state index contributed by atoms with van der Waals surface area (Å²) in [7, 11) is 0. The number of benzene rings is 1. The van der Waals surface area contributed by atoms with Crippen molar-refractivity contribution in [1.29, 1.82) is 0 Å². The Morgan fingerprint density at radius 2 is 2.04 bits per heavy atom. The van der Waals surface area contributed by atoms with Crippen LogP contribution in [0.15, 0.2) is 59.4 Å². The van der Waals surface area contributed by atoms with E-state index < -0.39 is 11.6 Å². The number of hydrogen-bond donors (Lipinski definition) is 3. The fourth-order valence-corrected chi connectivity index (χ4v) is 2.49. The highest BCUT2D eigenvalue weighted by Gasteiger charge is 2.14. The van der Waals surface area contributed by atoms with Crippen LogP contribution in [0.5, 0.6) is 0 Å². The number of hydrogen-bond acceptors (Lipinski definition) is 4. The van der Waals surface area contributed by atoms with Crippen LogP contribution in [0, 0.1) is 11.6 Å². The van der Waals surface area contributed by atoms with Gasteiger partial charge in [-0.3, -0.25) is 4.79 Å². The molecular formula is C21H26F2N4O. The van der Waals surface area contributed by atoms with Crippen molar-refractivity contribution < 1.29 is 13.6 Å². The van der Waals surface area contributed by atoms with Gasteiger partial charge in [-0.15, -0.1) is 0 Å². The molecule has 5 nitrogen and oxygen atoms in total. The standard InChI is InChI=1S/C20H22F2N4O.CH4/c1-4-6-19(18(5-2)26-13-7-8-24-20(27)9-13)25-12(3)14-10-16(22)17(23)11-15(14)21;/h4-6,9-11,26H,3,7-8,23H2,1-2H3,(H,24,27);1H4/b6-4-,18-5-,25-19?;. The van der Waals surface area contributed by atoms with Gasteiger partial charge in [-0.05, 0) is 26.0 Å². The monoisotopic (exact) mass is 388 g/mol. The van der Waals surface area contributed by atoms with E-state index in [1.807, 2.05) is 6.92 Å². The first-order valence-electron chi connectivity index (χ1n) is 8.43. The van der Waals surface area contributed by atoms with Crippen LogP contribution in [-0.4, -0.2) is 18.2 Å². The molecule has 1 aliphatic heterocycles. The maximum absolute atomic E-state index is 14.1. The number of halogens is 2. The average molecular weight is 388 g/mol. The SMILES string of the molecule is C.C=C(N=C(/C=C\C)/C(=C/C)NC1=CC(=O)NCC1)c1cc(F)c(N)cc1F. The van der Waals surface area contributed by atoms with Gasteiger partial charge in [0, 0.05) is 36.4 Å². The Morgan fingerprint density at radius 1 is 1.32 bits per heavy atom. The van der Waals surface area contributed by atoms with E-state index in [1.165, 1.54) is 6.08 Å². The van der Waals surface area contributed by atoms with Gasteiger partial charge in [0.1, 0.15) is 11.6 Å². The summed E-state index contributed by atoms with van der Waals surface area (Å²) in [5.41, 5.74) is 6.89. The van der Waals surface area contributed by atoms with Gasteiger partial charge in [0.15, 0.2) is 0 Å². The molecule has 0 saturated carbocycles. The minimum atomic E-state index is -0.738. The molecule has 0 spiro atoms. The van der Waals surface area contributed by atoms with Gasteiger partial charge in [-0.1, -0.05) is 26.2 Å². The second kappa shape index (κ2) is 10.2. The molecule has 0 bridgehead atoms. The van der Waals surface area contributed by atoms with Crippen molar-refractivity contribution in [2.75, 3.05) is 12.3 Å². The molecule has 0 aliphatic carbocycles. The molecule has 0 saturated heterocycles. The lowest BCUT2D eigenvalue weighted by molar-refractivity contribution is -0.116. The van der Waals surface area contributed by atoms with Gasteiger partial charge in [-0.2, -0.15) is 0 Å². The number of amides is 1. The summed E-state index contributed by atoms with van der Waals surface area (Å²) < 4.78 is 27.8. The minimum Gasteiger partial charge on any atom is -0.396 e. The van der Waals surface area contributed by atoms with Gasteiger partial charge >= 0.3 is 0 Å². The highest BCUT2D eigenvalue weighted by molar-refractivity contribution is 6.10. The second-order valence-electron chi connectivity index (χ2n) is 5.84. The summed E-state index contributed by atoms with van der Waals surface area (Å²) in [6.07, 6.45) is 7.37. The van der Waals surface area contributed by atoms with Crippen molar-refractivity contribution in [2.45, 2.75) is 27.7 Å². The number of carbonyl (C=O) groups excluding carboxylic acids is 1. The topological polar surface area (TPSA) is 79.5 Å². The van der Waals surface area contributed by atoms with E-state index in [2.05, 4.69) is 22.2 Å². The summed E-state index contributed by atoms with van der Waals surface area (Å²) in [5, 5.41) is 5.87. The molecule has 7 heteroatoms. The Labute approximate surface area is 164 Å². The number of nitrogens with one attached hydrogen (secondary N) is 2.